The van der Waals surface area contributed by atoms with Crippen LogP contribution in [0.5, 0.6) is 0 Å². The van der Waals surface area contributed by atoms with Crippen LogP contribution < -0.4 is 10.6 Å². The first-order chi connectivity index (χ1) is 10.9. The number of imide groups is 1. The van der Waals surface area contributed by atoms with Crippen LogP contribution >= 0.6 is 0 Å². The van der Waals surface area contributed by atoms with E-state index in [1.165, 1.54) is 17.0 Å². The molecule has 1 aromatic rings. The summed E-state index contributed by atoms with van der Waals surface area (Å²) in [5.74, 6) is -0.673. The second kappa shape index (κ2) is 6.78. The first-order valence-electron chi connectivity index (χ1n) is 7.59. The van der Waals surface area contributed by atoms with E-state index in [2.05, 4.69) is 10.6 Å². The quantitative estimate of drug-likeness (QED) is 0.718. The van der Waals surface area contributed by atoms with E-state index in [9.17, 15) is 14.4 Å². The summed E-state index contributed by atoms with van der Waals surface area (Å²) in [6, 6.07) is 3.59. The lowest BCUT2D eigenvalue weighted by Crippen LogP contribution is -2.39. The average Bonchev–Trinajstić information content (AvgIpc) is 2.76. The molecule has 0 aromatic heterocycles. The number of nitrogens with zero attached hydrogens (tertiary/aromatic N) is 1. The standard InChI is InChI=1S/C16H21N3O4/c1-4-10(8-20)17-16(23)18-11-5-6-12-13(7-11)15(22)19(9(2)3)14(12)21/h5-7,9-10,20H,4,8H2,1-3H3,(H2,17,18,23). The Morgan fingerprint density at radius 3 is 2.43 bits per heavy atom. The van der Waals surface area contributed by atoms with Crippen LogP contribution in [0.15, 0.2) is 18.2 Å². The summed E-state index contributed by atoms with van der Waals surface area (Å²) in [5.41, 5.74) is 1.05. The molecular formula is C16H21N3O4. The minimum absolute atomic E-state index is 0.148. The molecule has 0 spiro atoms. The Morgan fingerprint density at radius 1 is 1.22 bits per heavy atom. The average molecular weight is 319 g/mol. The molecule has 23 heavy (non-hydrogen) atoms. The zero-order valence-electron chi connectivity index (χ0n) is 13.4. The van der Waals surface area contributed by atoms with E-state index in [0.717, 1.165) is 0 Å². The van der Waals surface area contributed by atoms with Gasteiger partial charge in [-0.1, -0.05) is 6.92 Å². The molecule has 0 radical (unpaired) electrons. The van der Waals surface area contributed by atoms with Gasteiger partial charge in [0.1, 0.15) is 0 Å². The highest BCUT2D eigenvalue weighted by molar-refractivity contribution is 6.22. The molecular weight excluding hydrogens is 298 g/mol. The predicted octanol–water partition coefficient (Wildman–Crippen LogP) is 1.58. The van der Waals surface area contributed by atoms with Crippen LogP contribution in [0.1, 0.15) is 47.9 Å². The van der Waals surface area contributed by atoms with Crippen molar-refractivity contribution in [2.45, 2.75) is 39.3 Å². The number of rotatable bonds is 5. The van der Waals surface area contributed by atoms with Gasteiger partial charge >= 0.3 is 6.03 Å². The smallest absolute Gasteiger partial charge is 0.319 e. The van der Waals surface area contributed by atoms with Gasteiger partial charge in [0.15, 0.2) is 0 Å². The minimum Gasteiger partial charge on any atom is -0.394 e. The van der Waals surface area contributed by atoms with E-state index < -0.39 is 6.03 Å². The van der Waals surface area contributed by atoms with Crippen LogP contribution in [0.2, 0.25) is 0 Å². The van der Waals surface area contributed by atoms with Gasteiger partial charge in [-0.25, -0.2) is 4.79 Å². The summed E-state index contributed by atoms with van der Waals surface area (Å²) in [4.78, 5) is 37.5. The topological polar surface area (TPSA) is 98.7 Å². The van der Waals surface area contributed by atoms with E-state index in [1.807, 2.05) is 6.92 Å². The van der Waals surface area contributed by atoms with Crippen LogP contribution in [0, 0.1) is 0 Å². The van der Waals surface area contributed by atoms with Crippen LogP contribution in [0.3, 0.4) is 0 Å². The third-order valence-corrected chi connectivity index (χ3v) is 3.74. The molecule has 3 N–H and O–H groups in total. The van der Waals surface area contributed by atoms with Crippen LogP contribution in [-0.2, 0) is 0 Å². The number of hydrogen-bond acceptors (Lipinski definition) is 4. The van der Waals surface area contributed by atoms with Crippen molar-refractivity contribution in [1.82, 2.24) is 10.2 Å². The van der Waals surface area contributed by atoms with Crippen LogP contribution in [-0.4, -0.2) is 46.5 Å². The maximum absolute atomic E-state index is 12.3. The van der Waals surface area contributed by atoms with Crippen LogP contribution in [0.4, 0.5) is 10.5 Å². The zero-order chi connectivity index (χ0) is 17.1. The van der Waals surface area contributed by atoms with Gasteiger partial charge in [-0.2, -0.15) is 0 Å². The number of hydrogen-bond donors (Lipinski definition) is 3. The Morgan fingerprint density at radius 2 is 1.87 bits per heavy atom. The zero-order valence-corrected chi connectivity index (χ0v) is 13.4. The minimum atomic E-state index is -0.469. The predicted molar refractivity (Wildman–Crippen MR) is 85.4 cm³/mol. The molecule has 124 valence electrons. The second-order valence-corrected chi connectivity index (χ2v) is 5.72. The molecule has 1 aliphatic rings. The number of amides is 4. The molecule has 0 bridgehead atoms. The Bertz CT molecular complexity index is 638. The number of aliphatic hydroxyl groups excluding tert-OH is 1. The molecule has 2 rings (SSSR count). The Labute approximate surface area is 134 Å². The van der Waals surface area contributed by atoms with Crippen molar-refractivity contribution in [3.8, 4) is 0 Å². The lowest BCUT2D eigenvalue weighted by atomic mass is 10.1. The number of nitrogens with one attached hydrogen (secondary N) is 2. The maximum atomic E-state index is 12.3. The van der Waals surface area contributed by atoms with E-state index >= 15 is 0 Å². The lowest BCUT2D eigenvalue weighted by molar-refractivity contribution is 0.0609. The summed E-state index contributed by atoms with van der Waals surface area (Å²) < 4.78 is 0. The van der Waals surface area contributed by atoms with E-state index in [0.29, 0.717) is 17.7 Å². The summed E-state index contributed by atoms with van der Waals surface area (Å²) in [5, 5.41) is 14.3. The van der Waals surface area contributed by atoms with Gasteiger partial charge in [0.05, 0.1) is 23.8 Å². The number of urea groups is 1. The maximum Gasteiger partial charge on any atom is 0.319 e. The van der Waals surface area contributed by atoms with Gasteiger partial charge in [-0.05, 0) is 38.5 Å². The van der Waals surface area contributed by atoms with E-state index in [4.69, 9.17) is 5.11 Å². The number of aliphatic hydroxyl groups is 1. The fourth-order valence-corrected chi connectivity index (χ4v) is 2.44. The summed E-state index contributed by atoms with van der Waals surface area (Å²) in [6.07, 6.45) is 0.602. The Balaban J connectivity index is 2.16. The fraction of sp³-hybridized carbons (Fsp3) is 0.438. The third-order valence-electron chi connectivity index (χ3n) is 3.74. The monoisotopic (exact) mass is 319 g/mol. The van der Waals surface area contributed by atoms with Gasteiger partial charge < -0.3 is 15.7 Å². The number of carbonyl (C=O) groups excluding carboxylic acids is 3. The lowest BCUT2D eigenvalue weighted by Gasteiger charge is -2.17. The highest BCUT2D eigenvalue weighted by Gasteiger charge is 2.37. The molecule has 0 fully saturated rings. The van der Waals surface area contributed by atoms with Crippen molar-refractivity contribution in [3.63, 3.8) is 0 Å². The third kappa shape index (κ3) is 3.34. The van der Waals surface area contributed by atoms with Crippen LogP contribution in [0.25, 0.3) is 0 Å². The van der Waals surface area contributed by atoms with Crippen molar-refractivity contribution in [3.05, 3.63) is 29.3 Å². The SMILES string of the molecule is CCC(CO)NC(=O)Nc1ccc2c(c1)C(=O)N(C(C)C)C2=O. The van der Waals surface area contributed by atoms with Gasteiger partial charge in [-0.15, -0.1) is 0 Å². The molecule has 1 atom stereocenters. The van der Waals surface area contributed by atoms with Crippen molar-refractivity contribution >= 4 is 23.5 Å². The summed E-state index contributed by atoms with van der Waals surface area (Å²) in [6.45, 7) is 5.24. The molecule has 0 aliphatic carbocycles. The summed E-state index contributed by atoms with van der Waals surface area (Å²) >= 11 is 0. The van der Waals surface area contributed by atoms with Crippen molar-refractivity contribution in [1.29, 1.82) is 0 Å². The Kier molecular flexibility index (Phi) is 5.00. The molecule has 7 heteroatoms. The second-order valence-electron chi connectivity index (χ2n) is 5.72. The van der Waals surface area contributed by atoms with Gasteiger partial charge in [0, 0.05) is 11.7 Å². The number of fused-ring (bicyclic) bond motifs is 1. The molecule has 1 heterocycles. The number of carbonyl (C=O) groups is 3. The molecule has 1 unspecified atom stereocenters. The van der Waals surface area contributed by atoms with Crippen molar-refractivity contribution in [2.75, 3.05) is 11.9 Å². The Hall–Kier alpha value is -2.41. The summed E-state index contributed by atoms with van der Waals surface area (Å²) in [7, 11) is 0. The molecule has 1 aliphatic heterocycles. The fourth-order valence-electron chi connectivity index (χ4n) is 2.44. The van der Waals surface area contributed by atoms with Gasteiger partial charge in [-0.3, -0.25) is 14.5 Å². The first kappa shape index (κ1) is 17.0. The molecule has 4 amide bonds. The molecule has 0 saturated carbocycles. The molecule has 7 nitrogen and oxygen atoms in total. The largest absolute Gasteiger partial charge is 0.394 e. The highest BCUT2D eigenvalue weighted by Crippen LogP contribution is 2.27. The van der Waals surface area contributed by atoms with Crippen molar-refractivity contribution in [2.24, 2.45) is 0 Å². The highest BCUT2D eigenvalue weighted by atomic mass is 16.3. The van der Waals surface area contributed by atoms with Crippen molar-refractivity contribution < 1.29 is 19.5 Å². The molecule has 0 saturated heterocycles. The van der Waals surface area contributed by atoms with E-state index in [1.54, 1.807) is 19.9 Å². The molecule has 1 aromatic carbocycles. The van der Waals surface area contributed by atoms with Gasteiger partial charge in [0.25, 0.3) is 11.8 Å². The normalized spacial score (nSPS) is 14.9. The first-order valence-corrected chi connectivity index (χ1v) is 7.59. The number of benzene rings is 1. The van der Waals surface area contributed by atoms with E-state index in [-0.39, 0.29) is 36.1 Å². The number of anilines is 1. The van der Waals surface area contributed by atoms with Gasteiger partial charge in [0.2, 0.25) is 0 Å².